The highest BCUT2D eigenvalue weighted by molar-refractivity contribution is 7.38. The quantitative estimate of drug-likeness (QED) is 0.0592. The molecule has 0 aliphatic rings. The number of quaternary nitrogens is 1. The van der Waals surface area contributed by atoms with Crippen molar-refractivity contribution in [1.82, 2.24) is 0 Å². The van der Waals surface area contributed by atoms with Crippen LogP contribution in [0.2, 0.25) is 0 Å². The van der Waals surface area contributed by atoms with Gasteiger partial charge in [0, 0.05) is 12.8 Å². The Kier molecular flexibility index (Phi) is 20.9. The number of hydrogen-bond acceptors (Lipinski definition) is 2. The van der Waals surface area contributed by atoms with Crippen LogP contribution in [0, 0.1) is 0 Å². The summed E-state index contributed by atoms with van der Waals surface area (Å²) in [5.41, 5.74) is 0. The monoisotopic (exact) mass is 484 g/mol. The molecule has 0 spiro atoms. The van der Waals surface area contributed by atoms with Gasteiger partial charge < -0.3 is 4.89 Å². The average Bonchev–Trinajstić information content (AvgIpc) is 2.76. The van der Waals surface area contributed by atoms with Gasteiger partial charge in [0.15, 0.2) is 0 Å². The van der Waals surface area contributed by atoms with Crippen LogP contribution in [0.1, 0.15) is 149 Å². The van der Waals surface area contributed by atoms with Crippen LogP contribution in [0.25, 0.3) is 0 Å². The van der Waals surface area contributed by atoms with E-state index in [-0.39, 0.29) is 0 Å². The lowest BCUT2D eigenvalue weighted by Gasteiger charge is -2.39. The van der Waals surface area contributed by atoms with Gasteiger partial charge in [0.25, 0.3) is 5.28 Å². The lowest BCUT2D eigenvalue weighted by Crippen LogP contribution is -2.55. The van der Waals surface area contributed by atoms with E-state index >= 15 is 0 Å². The molecule has 0 aliphatic heterocycles. The molecule has 4 heteroatoms. The SMILES string of the molecule is CCCCCCCCCCCCCC/C=C\CCCCCCCC(CC)([P+](=O)[O-])[N+](C)(C)C. The van der Waals surface area contributed by atoms with E-state index in [0.717, 1.165) is 19.3 Å². The maximum Gasteiger partial charge on any atom is 0.376 e. The van der Waals surface area contributed by atoms with Gasteiger partial charge in [-0.3, -0.25) is 4.48 Å². The van der Waals surface area contributed by atoms with Crippen molar-refractivity contribution in [3.05, 3.63) is 12.2 Å². The van der Waals surface area contributed by atoms with Gasteiger partial charge in [-0.05, 0) is 32.1 Å². The van der Waals surface area contributed by atoms with Gasteiger partial charge >= 0.3 is 8.03 Å². The van der Waals surface area contributed by atoms with Gasteiger partial charge in [-0.25, -0.2) is 0 Å². The third-order valence-corrected chi connectivity index (χ3v) is 9.31. The molecule has 0 amide bonds. The topological polar surface area (TPSA) is 40.1 Å². The summed E-state index contributed by atoms with van der Waals surface area (Å²) < 4.78 is 12.5. The second-order valence-electron chi connectivity index (χ2n) is 11.1. The Morgan fingerprint density at radius 2 is 1.00 bits per heavy atom. The highest BCUT2D eigenvalue weighted by atomic mass is 31.1. The van der Waals surface area contributed by atoms with E-state index in [1.54, 1.807) is 0 Å². The molecule has 0 aromatic carbocycles. The largest absolute Gasteiger partial charge is 0.590 e. The zero-order valence-corrected chi connectivity index (χ0v) is 24.1. The Bertz CT molecular complexity index is 487. The van der Waals surface area contributed by atoms with Crippen molar-refractivity contribution in [2.45, 2.75) is 154 Å². The molecule has 0 saturated carbocycles. The summed E-state index contributed by atoms with van der Waals surface area (Å²) >= 11 is 0. The molecule has 0 heterocycles. The van der Waals surface area contributed by atoms with Crippen LogP contribution < -0.4 is 4.89 Å². The maximum absolute atomic E-state index is 12.0. The standard InChI is InChI=1S/C29H59NO2P/c1-6-8-9-10-11-12-13-14-15-16-17-18-19-20-21-22-23-24-25-26-27-28-29(7-2,33(31)32)30(3,4)5/h20-21H,6-19,22-28H2,1-5H3/q+1/b21-20-. The number of hydrogen-bond donors (Lipinski definition) is 0. The summed E-state index contributed by atoms with van der Waals surface area (Å²) in [6.07, 6.45) is 31.6. The second kappa shape index (κ2) is 21.1. The zero-order valence-electron chi connectivity index (χ0n) is 23.2. The van der Waals surface area contributed by atoms with E-state index in [0.29, 0.717) is 10.9 Å². The number of rotatable bonds is 24. The molecule has 2 atom stereocenters. The zero-order chi connectivity index (χ0) is 24.8. The molecule has 0 N–H and O–H groups in total. The van der Waals surface area contributed by atoms with Gasteiger partial charge in [-0.1, -0.05) is 120 Å². The Balaban J connectivity index is 3.51. The van der Waals surface area contributed by atoms with E-state index in [4.69, 9.17) is 0 Å². The minimum absolute atomic E-state index is 0.506. The summed E-state index contributed by atoms with van der Waals surface area (Å²) in [5.74, 6) is 0. The van der Waals surface area contributed by atoms with Crippen molar-refractivity contribution in [3.63, 3.8) is 0 Å². The molecule has 0 bridgehead atoms. The van der Waals surface area contributed by atoms with Crippen LogP contribution in [0.15, 0.2) is 12.2 Å². The molecule has 0 radical (unpaired) electrons. The Morgan fingerprint density at radius 3 is 1.33 bits per heavy atom. The van der Waals surface area contributed by atoms with Crippen molar-refractivity contribution >= 4 is 8.03 Å². The lowest BCUT2D eigenvalue weighted by atomic mass is 10.0. The summed E-state index contributed by atoms with van der Waals surface area (Å²) in [7, 11) is 3.62. The molecule has 196 valence electrons. The second-order valence-corrected chi connectivity index (χ2v) is 12.4. The molecular formula is C29H59NO2P+. The Hall–Kier alpha value is -0.240. The van der Waals surface area contributed by atoms with E-state index in [1.165, 1.54) is 109 Å². The number of unbranched alkanes of at least 4 members (excludes halogenated alkanes) is 17. The fourth-order valence-corrected chi connectivity index (χ4v) is 6.08. The average molecular weight is 485 g/mol. The van der Waals surface area contributed by atoms with E-state index in [9.17, 15) is 9.46 Å². The van der Waals surface area contributed by atoms with Gasteiger partial charge in [0.05, 0.1) is 21.1 Å². The maximum atomic E-state index is 12.0. The molecule has 0 aliphatic carbocycles. The number of nitrogens with zero attached hydrogens (tertiary/aromatic N) is 1. The molecule has 0 aromatic rings. The summed E-state index contributed by atoms with van der Waals surface area (Å²) in [5, 5.41) is -0.605. The van der Waals surface area contributed by atoms with E-state index < -0.39 is 13.3 Å². The van der Waals surface area contributed by atoms with Gasteiger partial charge in [-0.15, -0.1) is 0 Å². The van der Waals surface area contributed by atoms with Crippen LogP contribution in [0.3, 0.4) is 0 Å². The van der Waals surface area contributed by atoms with Crippen LogP contribution in [-0.4, -0.2) is 30.9 Å². The normalized spacial score (nSPS) is 14.7. The predicted molar refractivity (Wildman–Crippen MR) is 146 cm³/mol. The summed E-state index contributed by atoms with van der Waals surface area (Å²) in [6, 6.07) is 0. The third-order valence-electron chi connectivity index (χ3n) is 7.49. The molecule has 3 nitrogen and oxygen atoms in total. The fraction of sp³-hybridized carbons (Fsp3) is 0.931. The Labute approximate surface area is 209 Å². The molecule has 2 unspecified atom stereocenters. The number of allylic oxidation sites excluding steroid dienone is 2. The molecular weight excluding hydrogens is 425 g/mol. The molecule has 0 rings (SSSR count). The first-order valence-corrected chi connectivity index (χ1v) is 15.6. The third kappa shape index (κ3) is 16.1. The van der Waals surface area contributed by atoms with Crippen LogP contribution >= 0.6 is 8.03 Å². The molecule has 0 aromatic heterocycles. The lowest BCUT2D eigenvalue weighted by molar-refractivity contribution is -0.910. The first-order chi connectivity index (χ1) is 15.8. The van der Waals surface area contributed by atoms with Crippen molar-refractivity contribution in [2.75, 3.05) is 21.1 Å². The fourth-order valence-electron chi connectivity index (χ4n) is 4.99. The van der Waals surface area contributed by atoms with Crippen LogP contribution in [-0.2, 0) is 4.57 Å². The first-order valence-electron chi connectivity index (χ1n) is 14.4. The van der Waals surface area contributed by atoms with E-state index in [2.05, 4.69) is 19.1 Å². The Morgan fingerprint density at radius 1 is 0.636 bits per heavy atom. The van der Waals surface area contributed by atoms with Gasteiger partial charge in [0.2, 0.25) is 0 Å². The molecule has 0 saturated heterocycles. The van der Waals surface area contributed by atoms with Crippen molar-refractivity contribution in [3.8, 4) is 0 Å². The molecule has 33 heavy (non-hydrogen) atoms. The summed E-state index contributed by atoms with van der Waals surface area (Å²) in [6.45, 7) is 4.30. The minimum Gasteiger partial charge on any atom is -0.590 e. The predicted octanol–water partition coefficient (Wildman–Crippen LogP) is 9.28. The van der Waals surface area contributed by atoms with Crippen molar-refractivity contribution in [2.24, 2.45) is 0 Å². The highest BCUT2D eigenvalue weighted by Gasteiger charge is 2.52. The minimum atomic E-state index is -2.42. The summed E-state index contributed by atoms with van der Waals surface area (Å²) in [4.78, 5) is 12.0. The first kappa shape index (κ1) is 32.8. The van der Waals surface area contributed by atoms with Gasteiger partial charge in [0.1, 0.15) is 0 Å². The van der Waals surface area contributed by atoms with Crippen molar-refractivity contribution in [1.29, 1.82) is 0 Å². The van der Waals surface area contributed by atoms with Gasteiger partial charge in [-0.2, -0.15) is 0 Å². The molecule has 0 fully saturated rings. The smallest absolute Gasteiger partial charge is 0.376 e. The highest BCUT2D eigenvalue weighted by Crippen LogP contribution is 2.44. The van der Waals surface area contributed by atoms with Crippen molar-refractivity contribution < 1.29 is 13.9 Å². The van der Waals surface area contributed by atoms with E-state index in [1.807, 2.05) is 28.1 Å². The van der Waals surface area contributed by atoms with Crippen LogP contribution in [0.4, 0.5) is 0 Å². The van der Waals surface area contributed by atoms with Crippen LogP contribution in [0.5, 0.6) is 0 Å².